The second-order valence-electron chi connectivity index (χ2n) is 7.17. The van der Waals surface area contributed by atoms with E-state index < -0.39 is 0 Å². The van der Waals surface area contributed by atoms with Gasteiger partial charge in [-0.1, -0.05) is 66.2 Å². The Bertz CT molecular complexity index is 904. The summed E-state index contributed by atoms with van der Waals surface area (Å²) in [6, 6.07) is 23.0. The summed E-state index contributed by atoms with van der Waals surface area (Å²) in [6.07, 6.45) is -0.234. The molecule has 0 spiro atoms. The molecular formula is C23H26ClN3O. The lowest BCUT2D eigenvalue weighted by Gasteiger charge is -2.35. The summed E-state index contributed by atoms with van der Waals surface area (Å²) >= 11 is 6.10. The van der Waals surface area contributed by atoms with Crippen LogP contribution in [0.3, 0.4) is 0 Å². The molecule has 0 bridgehead atoms. The molecule has 146 valence electrons. The van der Waals surface area contributed by atoms with Crippen molar-refractivity contribution >= 4 is 22.4 Å². The number of nitrogens with zero attached hydrogens (tertiary/aromatic N) is 1. The van der Waals surface area contributed by atoms with Crippen molar-refractivity contribution in [2.45, 2.75) is 12.2 Å². The number of nitrogens with two attached hydrogens (primary N) is 1. The summed E-state index contributed by atoms with van der Waals surface area (Å²) in [7, 11) is 0. The molecule has 1 fully saturated rings. The molecule has 3 aromatic rings. The van der Waals surface area contributed by atoms with Crippen LogP contribution < -0.4 is 11.1 Å². The van der Waals surface area contributed by atoms with E-state index in [1.54, 1.807) is 0 Å². The number of rotatable bonds is 6. The van der Waals surface area contributed by atoms with Crippen molar-refractivity contribution < 1.29 is 4.74 Å². The number of nitrogens with one attached hydrogen (secondary N) is 1. The molecule has 0 radical (unpaired) electrons. The monoisotopic (exact) mass is 395 g/mol. The highest BCUT2D eigenvalue weighted by molar-refractivity contribution is 6.30. The van der Waals surface area contributed by atoms with Gasteiger partial charge in [0.25, 0.3) is 0 Å². The van der Waals surface area contributed by atoms with Crippen molar-refractivity contribution in [2.75, 3.05) is 32.8 Å². The van der Waals surface area contributed by atoms with Crippen LogP contribution in [0.2, 0.25) is 5.02 Å². The second-order valence-corrected chi connectivity index (χ2v) is 7.61. The molecule has 1 heterocycles. The Labute approximate surface area is 171 Å². The van der Waals surface area contributed by atoms with Crippen molar-refractivity contribution in [3.63, 3.8) is 0 Å². The van der Waals surface area contributed by atoms with Crippen LogP contribution in [-0.4, -0.2) is 37.7 Å². The van der Waals surface area contributed by atoms with Gasteiger partial charge in [-0.15, -0.1) is 0 Å². The number of hydrogen-bond donors (Lipinski definition) is 2. The smallest absolute Gasteiger partial charge is 0.0816 e. The maximum atomic E-state index is 6.57. The van der Waals surface area contributed by atoms with Gasteiger partial charge >= 0.3 is 0 Å². The summed E-state index contributed by atoms with van der Waals surface area (Å²) in [5, 5.41) is 6.72. The second kappa shape index (κ2) is 9.03. The standard InChI is InChI=1S/C23H26ClN3O/c24-19-10-8-18(9-11-19)22(27-12-14-28-15-13-27)16-26-23(25)21-7-3-5-17-4-1-2-6-20(17)21/h1-11,22-23,26H,12-16,25H2. The molecule has 0 saturated carbocycles. The first-order chi connectivity index (χ1) is 13.7. The predicted molar refractivity (Wildman–Crippen MR) is 115 cm³/mol. The summed E-state index contributed by atoms with van der Waals surface area (Å²) < 4.78 is 5.54. The zero-order valence-electron chi connectivity index (χ0n) is 15.9. The largest absolute Gasteiger partial charge is 0.379 e. The average Bonchev–Trinajstić information content (AvgIpc) is 2.75. The van der Waals surface area contributed by atoms with Crippen LogP contribution in [0.5, 0.6) is 0 Å². The number of ether oxygens (including phenoxy) is 1. The Kier molecular flexibility index (Phi) is 6.25. The molecule has 0 aromatic heterocycles. The molecule has 4 rings (SSSR count). The van der Waals surface area contributed by atoms with Crippen molar-refractivity contribution in [3.05, 3.63) is 82.9 Å². The molecule has 4 nitrogen and oxygen atoms in total. The fourth-order valence-electron chi connectivity index (χ4n) is 3.90. The van der Waals surface area contributed by atoms with E-state index in [0.717, 1.165) is 43.4 Å². The highest BCUT2D eigenvalue weighted by Crippen LogP contribution is 2.25. The van der Waals surface area contributed by atoms with Crippen LogP contribution in [0.25, 0.3) is 10.8 Å². The van der Waals surface area contributed by atoms with Crippen LogP contribution in [-0.2, 0) is 4.74 Å². The van der Waals surface area contributed by atoms with E-state index in [2.05, 4.69) is 64.8 Å². The molecule has 3 aromatic carbocycles. The third kappa shape index (κ3) is 4.37. The van der Waals surface area contributed by atoms with Crippen LogP contribution in [0.4, 0.5) is 0 Å². The van der Waals surface area contributed by atoms with Gasteiger partial charge in [0.05, 0.1) is 19.4 Å². The minimum Gasteiger partial charge on any atom is -0.379 e. The highest BCUT2D eigenvalue weighted by atomic mass is 35.5. The molecule has 28 heavy (non-hydrogen) atoms. The molecule has 0 aliphatic carbocycles. The van der Waals surface area contributed by atoms with Crippen LogP contribution in [0.15, 0.2) is 66.7 Å². The number of benzene rings is 3. The molecular weight excluding hydrogens is 370 g/mol. The Morgan fingerprint density at radius 3 is 2.46 bits per heavy atom. The zero-order valence-corrected chi connectivity index (χ0v) is 16.6. The minimum atomic E-state index is -0.234. The Morgan fingerprint density at radius 2 is 1.68 bits per heavy atom. The Balaban J connectivity index is 1.54. The van der Waals surface area contributed by atoms with Crippen molar-refractivity contribution in [1.29, 1.82) is 0 Å². The van der Waals surface area contributed by atoms with Gasteiger partial charge < -0.3 is 10.5 Å². The first kappa shape index (κ1) is 19.4. The van der Waals surface area contributed by atoms with Gasteiger partial charge in [0, 0.05) is 30.7 Å². The first-order valence-corrected chi connectivity index (χ1v) is 10.1. The van der Waals surface area contributed by atoms with E-state index >= 15 is 0 Å². The number of hydrogen-bond acceptors (Lipinski definition) is 4. The van der Waals surface area contributed by atoms with Crippen molar-refractivity contribution in [3.8, 4) is 0 Å². The van der Waals surface area contributed by atoms with E-state index in [4.69, 9.17) is 22.1 Å². The summed E-state index contributed by atoms with van der Waals surface area (Å²) in [5.74, 6) is 0. The quantitative estimate of drug-likeness (QED) is 0.616. The van der Waals surface area contributed by atoms with Gasteiger partial charge in [-0.2, -0.15) is 0 Å². The first-order valence-electron chi connectivity index (χ1n) is 9.76. The lowest BCUT2D eigenvalue weighted by atomic mass is 10.0. The molecule has 0 amide bonds. The van der Waals surface area contributed by atoms with E-state index in [0.29, 0.717) is 0 Å². The fourth-order valence-corrected chi connectivity index (χ4v) is 4.03. The molecule has 5 heteroatoms. The lowest BCUT2D eigenvalue weighted by Crippen LogP contribution is -2.44. The van der Waals surface area contributed by atoms with Crippen LogP contribution >= 0.6 is 11.6 Å². The van der Waals surface area contributed by atoms with Gasteiger partial charge in [0.2, 0.25) is 0 Å². The highest BCUT2D eigenvalue weighted by Gasteiger charge is 2.23. The maximum Gasteiger partial charge on any atom is 0.0816 e. The van der Waals surface area contributed by atoms with E-state index in [-0.39, 0.29) is 12.2 Å². The molecule has 1 saturated heterocycles. The van der Waals surface area contributed by atoms with E-state index in [1.807, 2.05) is 12.1 Å². The van der Waals surface area contributed by atoms with Crippen molar-refractivity contribution in [1.82, 2.24) is 10.2 Å². The summed E-state index contributed by atoms with van der Waals surface area (Å²) in [5.41, 5.74) is 8.93. The summed E-state index contributed by atoms with van der Waals surface area (Å²) in [6.45, 7) is 4.11. The Hall–Kier alpha value is -1.95. The van der Waals surface area contributed by atoms with E-state index in [9.17, 15) is 0 Å². The molecule has 1 aliphatic heterocycles. The normalized spacial score (nSPS) is 17.5. The third-order valence-electron chi connectivity index (χ3n) is 5.43. The number of halogens is 1. The number of fused-ring (bicyclic) bond motifs is 1. The number of morpholine rings is 1. The van der Waals surface area contributed by atoms with Crippen LogP contribution in [0, 0.1) is 0 Å². The van der Waals surface area contributed by atoms with E-state index in [1.165, 1.54) is 16.3 Å². The SMILES string of the molecule is NC(NCC(c1ccc(Cl)cc1)N1CCOCC1)c1cccc2ccccc12. The Morgan fingerprint density at radius 1 is 0.964 bits per heavy atom. The lowest BCUT2D eigenvalue weighted by molar-refractivity contribution is 0.0156. The van der Waals surface area contributed by atoms with Gasteiger partial charge in [-0.3, -0.25) is 10.2 Å². The van der Waals surface area contributed by atoms with Gasteiger partial charge in [-0.25, -0.2) is 0 Å². The van der Waals surface area contributed by atoms with Gasteiger partial charge in [-0.05, 0) is 34.0 Å². The predicted octanol–water partition coefficient (Wildman–Crippen LogP) is 4.11. The topological polar surface area (TPSA) is 50.5 Å². The molecule has 2 unspecified atom stereocenters. The zero-order chi connectivity index (χ0) is 19.3. The summed E-state index contributed by atoms with van der Waals surface area (Å²) in [4.78, 5) is 2.45. The fraction of sp³-hybridized carbons (Fsp3) is 0.304. The molecule has 2 atom stereocenters. The van der Waals surface area contributed by atoms with Crippen LogP contribution in [0.1, 0.15) is 23.3 Å². The third-order valence-corrected chi connectivity index (χ3v) is 5.68. The average molecular weight is 396 g/mol. The molecule has 3 N–H and O–H groups in total. The van der Waals surface area contributed by atoms with Gasteiger partial charge in [0.1, 0.15) is 0 Å². The van der Waals surface area contributed by atoms with Crippen molar-refractivity contribution in [2.24, 2.45) is 5.73 Å². The minimum absolute atomic E-state index is 0.224. The molecule has 1 aliphatic rings. The maximum absolute atomic E-state index is 6.57. The van der Waals surface area contributed by atoms with Gasteiger partial charge in [0.15, 0.2) is 0 Å².